The van der Waals surface area contributed by atoms with Crippen LogP contribution in [-0.2, 0) is 4.79 Å². The summed E-state index contributed by atoms with van der Waals surface area (Å²) < 4.78 is 1.76. The third kappa shape index (κ3) is 2.81. The van der Waals surface area contributed by atoms with Gasteiger partial charge in [-0.2, -0.15) is 5.10 Å². The fourth-order valence-electron chi connectivity index (χ4n) is 1.49. The van der Waals surface area contributed by atoms with Gasteiger partial charge in [-0.15, -0.1) is 0 Å². The Morgan fingerprint density at radius 2 is 2.29 bits per heavy atom. The Bertz CT molecular complexity index is 570. The van der Waals surface area contributed by atoms with Crippen molar-refractivity contribution in [3.05, 3.63) is 53.9 Å². The average Bonchev–Trinajstić information content (AvgIpc) is 2.74. The summed E-state index contributed by atoms with van der Waals surface area (Å²) in [4.78, 5) is 10.4. The van der Waals surface area contributed by atoms with Crippen LogP contribution in [-0.4, -0.2) is 20.9 Å². The minimum Gasteiger partial charge on any atom is -0.478 e. The lowest BCUT2D eigenvalue weighted by Crippen LogP contribution is -1.94. The molecule has 86 valence electrons. The molecule has 4 nitrogen and oxygen atoms in total. The molecule has 0 aliphatic rings. The van der Waals surface area contributed by atoms with Crippen LogP contribution in [0, 0.1) is 6.92 Å². The first-order valence-electron chi connectivity index (χ1n) is 5.18. The highest BCUT2D eigenvalue weighted by Crippen LogP contribution is 2.11. The van der Waals surface area contributed by atoms with Gasteiger partial charge in [0.1, 0.15) is 0 Å². The molecule has 0 aliphatic carbocycles. The van der Waals surface area contributed by atoms with Gasteiger partial charge in [0.05, 0.1) is 11.9 Å². The van der Waals surface area contributed by atoms with Crippen LogP contribution in [0.15, 0.2) is 42.7 Å². The fourth-order valence-corrected chi connectivity index (χ4v) is 1.49. The molecule has 0 saturated carbocycles. The van der Waals surface area contributed by atoms with E-state index in [9.17, 15) is 4.79 Å². The molecule has 2 aromatic rings. The largest absolute Gasteiger partial charge is 0.478 e. The minimum atomic E-state index is -0.953. The van der Waals surface area contributed by atoms with Crippen molar-refractivity contribution in [1.82, 2.24) is 9.78 Å². The molecule has 0 aliphatic heterocycles. The Hall–Kier alpha value is -2.36. The third-order valence-electron chi connectivity index (χ3n) is 2.26. The van der Waals surface area contributed by atoms with Crippen molar-refractivity contribution in [1.29, 1.82) is 0 Å². The summed E-state index contributed by atoms with van der Waals surface area (Å²) in [5, 5.41) is 12.8. The predicted octanol–water partition coefficient (Wildman–Crippen LogP) is 2.28. The van der Waals surface area contributed by atoms with Crippen LogP contribution in [0.1, 0.15) is 11.1 Å². The zero-order valence-corrected chi connectivity index (χ0v) is 9.37. The third-order valence-corrected chi connectivity index (χ3v) is 2.26. The summed E-state index contributed by atoms with van der Waals surface area (Å²) in [5.41, 5.74) is 2.82. The molecular formula is C13H12N2O2. The van der Waals surface area contributed by atoms with Gasteiger partial charge in [0.25, 0.3) is 0 Å². The highest BCUT2D eigenvalue weighted by Gasteiger charge is 1.98. The van der Waals surface area contributed by atoms with Crippen molar-refractivity contribution in [2.24, 2.45) is 0 Å². The van der Waals surface area contributed by atoms with E-state index in [0.29, 0.717) is 0 Å². The fraction of sp³-hybridized carbons (Fsp3) is 0.0769. The van der Waals surface area contributed by atoms with Crippen molar-refractivity contribution in [3.63, 3.8) is 0 Å². The van der Waals surface area contributed by atoms with E-state index in [2.05, 4.69) is 5.10 Å². The Morgan fingerprint density at radius 3 is 2.94 bits per heavy atom. The van der Waals surface area contributed by atoms with Crippen LogP contribution in [0.4, 0.5) is 0 Å². The van der Waals surface area contributed by atoms with Gasteiger partial charge in [0.15, 0.2) is 0 Å². The van der Waals surface area contributed by atoms with Gasteiger partial charge >= 0.3 is 5.97 Å². The average molecular weight is 228 g/mol. The van der Waals surface area contributed by atoms with Gasteiger partial charge in [-0.3, -0.25) is 0 Å². The van der Waals surface area contributed by atoms with Crippen LogP contribution in [0.3, 0.4) is 0 Å². The number of carboxylic acid groups (broad SMARTS) is 1. The SMILES string of the molecule is Cc1cnn(-c2cccc(C=CC(=O)O)c2)c1. The van der Waals surface area contributed by atoms with E-state index in [1.807, 2.05) is 37.4 Å². The summed E-state index contributed by atoms with van der Waals surface area (Å²) in [5.74, 6) is -0.953. The zero-order chi connectivity index (χ0) is 12.3. The van der Waals surface area contributed by atoms with E-state index in [0.717, 1.165) is 22.9 Å². The van der Waals surface area contributed by atoms with Crippen molar-refractivity contribution in [3.8, 4) is 5.69 Å². The van der Waals surface area contributed by atoms with Crippen molar-refractivity contribution >= 4 is 12.0 Å². The van der Waals surface area contributed by atoms with E-state index in [1.165, 1.54) is 0 Å². The standard InChI is InChI=1S/C13H12N2O2/c1-10-8-14-15(9-10)12-4-2-3-11(7-12)5-6-13(16)17/h2-9H,1H3,(H,16,17). The predicted molar refractivity (Wildman–Crippen MR) is 65.0 cm³/mol. The maximum Gasteiger partial charge on any atom is 0.328 e. The maximum absolute atomic E-state index is 10.4. The van der Waals surface area contributed by atoms with E-state index in [1.54, 1.807) is 17.0 Å². The number of aromatic nitrogens is 2. The Balaban J connectivity index is 2.31. The number of nitrogens with zero attached hydrogens (tertiary/aromatic N) is 2. The topological polar surface area (TPSA) is 55.1 Å². The summed E-state index contributed by atoms with van der Waals surface area (Å²) in [6, 6.07) is 7.52. The summed E-state index contributed by atoms with van der Waals surface area (Å²) in [7, 11) is 0. The number of aliphatic carboxylic acids is 1. The van der Waals surface area contributed by atoms with Gasteiger partial charge in [0, 0.05) is 12.3 Å². The first kappa shape index (κ1) is 11.1. The van der Waals surface area contributed by atoms with E-state index >= 15 is 0 Å². The molecule has 0 bridgehead atoms. The molecular weight excluding hydrogens is 216 g/mol. The molecule has 0 amide bonds. The summed E-state index contributed by atoms with van der Waals surface area (Å²) in [6.07, 6.45) is 6.37. The molecule has 17 heavy (non-hydrogen) atoms. The highest BCUT2D eigenvalue weighted by molar-refractivity contribution is 5.85. The molecule has 4 heteroatoms. The molecule has 1 aromatic carbocycles. The second kappa shape index (κ2) is 4.65. The lowest BCUT2D eigenvalue weighted by molar-refractivity contribution is -0.131. The second-order valence-electron chi connectivity index (χ2n) is 3.73. The zero-order valence-electron chi connectivity index (χ0n) is 9.37. The van der Waals surface area contributed by atoms with Crippen LogP contribution >= 0.6 is 0 Å². The van der Waals surface area contributed by atoms with Crippen LogP contribution in [0.5, 0.6) is 0 Å². The van der Waals surface area contributed by atoms with Gasteiger partial charge in [-0.05, 0) is 36.3 Å². The van der Waals surface area contributed by atoms with E-state index in [4.69, 9.17) is 5.11 Å². The molecule has 0 spiro atoms. The lowest BCUT2D eigenvalue weighted by atomic mass is 10.2. The number of carboxylic acids is 1. The Kier molecular flexibility index (Phi) is 3.05. The number of hydrogen-bond donors (Lipinski definition) is 1. The number of benzene rings is 1. The number of aryl methyl sites for hydroxylation is 1. The Labute approximate surface area is 98.8 Å². The normalized spacial score (nSPS) is 10.9. The molecule has 0 radical (unpaired) electrons. The van der Waals surface area contributed by atoms with Crippen LogP contribution < -0.4 is 0 Å². The quantitative estimate of drug-likeness (QED) is 0.820. The first-order valence-corrected chi connectivity index (χ1v) is 5.18. The van der Waals surface area contributed by atoms with E-state index < -0.39 is 5.97 Å². The Morgan fingerprint density at radius 1 is 1.47 bits per heavy atom. The molecule has 0 saturated heterocycles. The minimum absolute atomic E-state index is 0.832. The second-order valence-corrected chi connectivity index (χ2v) is 3.73. The van der Waals surface area contributed by atoms with Gasteiger partial charge in [-0.1, -0.05) is 12.1 Å². The van der Waals surface area contributed by atoms with Crippen LogP contribution in [0.25, 0.3) is 11.8 Å². The highest BCUT2D eigenvalue weighted by atomic mass is 16.4. The molecule has 2 rings (SSSR count). The molecule has 1 N–H and O–H groups in total. The van der Waals surface area contributed by atoms with Gasteiger partial charge in [0.2, 0.25) is 0 Å². The van der Waals surface area contributed by atoms with Gasteiger partial charge < -0.3 is 5.11 Å². The monoisotopic (exact) mass is 228 g/mol. The van der Waals surface area contributed by atoms with Crippen molar-refractivity contribution < 1.29 is 9.90 Å². The number of carbonyl (C=O) groups is 1. The first-order chi connectivity index (χ1) is 8.15. The van der Waals surface area contributed by atoms with Crippen molar-refractivity contribution in [2.45, 2.75) is 6.92 Å². The summed E-state index contributed by atoms with van der Waals surface area (Å²) >= 11 is 0. The maximum atomic E-state index is 10.4. The smallest absolute Gasteiger partial charge is 0.328 e. The number of rotatable bonds is 3. The molecule has 0 atom stereocenters. The molecule has 0 fully saturated rings. The lowest BCUT2D eigenvalue weighted by Gasteiger charge is -2.01. The van der Waals surface area contributed by atoms with Gasteiger partial charge in [-0.25, -0.2) is 9.48 Å². The molecule has 1 heterocycles. The molecule has 1 aromatic heterocycles. The number of hydrogen-bond acceptors (Lipinski definition) is 2. The van der Waals surface area contributed by atoms with Crippen molar-refractivity contribution in [2.75, 3.05) is 0 Å². The van der Waals surface area contributed by atoms with Crippen LogP contribution in [0.2, 0.25) is 0 Å². The van der Waals surface area contributed by atoms with E-state index in [-0.39, 0.29) is 0 Å². The molecule has 0 unspecified atom stereocenters. The summed E-state index contributed by atoms with van der Waals surface area (Å²) in [6.45, 7) is 1.97.